The lowest BCUT2D eigenvalue weighted by Gasteiger charge is -2.31. The molecule has 4 atom stereocenters. The Hall–Kier alpha value is -0.340. The lowest BCUT2D eigenvalue weighted by atomic mass is 9.75. The number of hydrogen-bond donors (Lipinski definition) is 1. The van der Waals surface area contributed by atoms with E-state index in [1.165, 1.54) is 32.1 Å². The van der Waals surface area contributed by atoms with Gasteiger partial charge in [0.25, 0.3) is 0 Å². The normalized spacial score (nSPS) is 47.4. The van der Waals surface area contributed by atoms with Gasteiger partial charge in [0.05, 0.1) is 18.3 Å². The molecule has 1 aliphatic heterocycles. The fraction of sp³-hybridized carbons (Fsp3) is 0.882. The maximum Gasteiger partial charge on any atom is 0.0880 e. The zero-order valence-electron chi connectivity index (χ0n) is 12.5. The molecule has 1 N–H and O–H groups in total. The Kier molecular flexibility index (Phi) is 3.51. The Morgan fingerprint density at radius 1 is 1.42 bits per heavy atom. The van der Waals surface area contributed by atoms with Crippen molar-refractivity contribution in [3.05, 3.63) is 11.6 Å². The van der Waals surface area contributed by atoms with Crippen LogP contribution in [-0.4, -0.2) is 23.4 Å². The van der Waals surface area contributed by atoms with Gasteiger partial charge in [0.2, 0.25) is 0 Å². The molecular weight excluding hydrogens is 236 g/mol. The Labute approximate surface area is 117 Å². The van der Waals surface area contributed by atoms with Crippen LogP contribution in [0.5, 0.6) is 0 Å². The molecule has 2 aliphatic carbocycles. The van der Waals surface area contributed by atoms with Crippen LogP contribution in [0.15, 0.2) is 11.6 Å². The molecule has 3 rings (SSSR count). The van der Waals surface area contributed by atoms with Crippen LogP contribution < -0.4 is 0 Å². The first kappa shape index (κ1) is 13.6. The van der Waals surface area contributed by atoms with Gasteiger partial charge in [-0.3, -0.25) is 0 Å². The summed E-state index contributed by atoms with van der Waals surface area (Å²) in [6, 6.07) is 0. The van der Waals surface area contributed by atoms with Crippen molar-refractivity contribution >= 4 is 0 Å². The highest BCUT2D eigenvalue weighted by Crippen LogP contribution is 2.58. The minimum absolute atomic E-state index is 0.0764. The van der Waals surface area contributed by atoms with Crippen molar-refractivity contribution in [3.8, 4) is 0 Å². The molecule has 19 heavy (non-hydrogen) atoms. The molecule has 2 bridgehead atoms. The zero-order valence-corrected chi connectivity index (χ0v) is 12.5. The van der Waals surface area contributed by atoms with E-state index in [-0.39, 0.29) is 6.10 Å². The van der Waals surface area contributed by atoms with Gasteiger partial charge in [0.1, 0.15) is 0 Å². The highest BCUT2D eigenvalue weighted by atomic mass is 16.5. The summed E-state index contributed by atoms with van der Waals surface area (Å²) >= 11 is 0. The van der Waals surface area contributed by atoms with E-state index in [9.17, 15) is 5.11 Å². The molecule has 2 heteroatoms. The van der Waals surface area contributed by atoms with Crippen LogP contribution in [0.25, 0.3) is 0 Å². The topological polar surface area (TPSA) is 29.5 Å². The van der Waals surface area contributed by atoms with Gasteiger partial charge < -0.3 is 9.84 Å². The summed E-state index contributed by atoms with van der Waals surface area (Å²) in [5.41, 5.74) is 1.43. The van der Waals surface area contributed by atoms with Gasteiger partial charge in [-0.05, 0) is 51.4 Å². The third-order valence-corrected chi connectivity index (χ3v) is 5.86. The first-order valence-corrected chi connectivity index (χ1v) is 8.10. The molecule has 0 aromatic carbocycles. The van der Waals surface area contributed by atoms with Crippen LogP contribution in [0.3, 0.4) is 0 Å². The largest absolute Gasteiger partial charge is 0.387 e. The average molecular weight is 264 g/mol. The molecule has 2 saturated carbocycles. The van der Waals surface area contributed by atoms with E-state index < -0.39 is 5.60 Å². The standard InChI is InChI=1S/C17H28O2/c1-3-4-5-6-13-7-10-17-11-15(19-12-17)16(2,18)9-8-14(13)17/h6,14-15,18H,3-5,7-12H2,1-2H3/b13-6+/t14-,15+,16+,17+/m0/s1. The van der Waals surface area contributed by atoms with Crippen molar-refractivity contribution in [1.29, 1.82) is 0 Å². The van der Waals surface area contributed by atoms with Crippen molar-refractivity contribution in [2.75, 3.05) is 6.61 Å². The maximum atomic E-state index is 10.5. The molecule has 0 amide bonds. The third kappa shape index (κ3) is 2.27. The summed E-state index contributed by atoms with van der Waals surface area (Å²) in [6.45, 7) is 5.11. The lowest BCUT2D eigenvalue weighted by Crippen LogP contribution is -2.38. The second kappa shape index (κ2) is 4.89. The molecule has 0 aromatic heterocycles. The molecule has 3 aliphatic rings. The van der Waals surface area contributed by atoms with E-state index in [1.54, 1.807) is 5.57 Å². The Morgan fingerprint density at radius 3 is 3.05 bits per heavy atom. The van der Waals surface area contributed by atoms with Crippen molar-refractivity contribution in [2.45, 2.75) is 76.9 Å². The van der Waals surface area contributed by atoms with Crippen LogP contribution in [0, 0.1) is 11.3 Å². The Balaban J connectivity index is 1.80. The van der Waals surface area contributed by atoms with Crippen LogP contribution in [0.1, 0.15) is 65.2 Å². The minimum atomic E-state index is -0.609. The van der Waals surface area contributed by atoms with Crippen molar-refractivity contribution in [1.82, 2.24) is 0 Å². The predicted molar refractivity (Wildman–Crippen MR) is 77.0 cm³/mol. The molecule has 108 valence electrons. The van der Waals surface area contributed by atoms with Gasteiger partial charge in [-0.25, -0.2) is 0 Å². The van der Waals surface area contributed by atoms with Gasteiger partial charge in [-0.15, -0.1) is 0 Å². The first-order valence-electron chi connectivity index (χ1n) is 8.10. The van der Waals surface area contributed by atoms with E-state index in [1.807, 2.05) is 6.92 Å². The summed E-state index contributed by atoms with van der Waals surface area (Å²) in [4.78, 5) is 0. The van der Waals surface area contributed by atoms with E-state index in [0.29, 0.717) is 11.3 Å². The number of aliphatic hydroxyl groups is 1. The molecule has 1 heterocycles. The Morgan fingerprint density at radius 2 is 2.26 bits per heavy atom. The summed E-state index contributed by atoms with van der Waals surface area (Å²) in [7, 11) is 0. The van der Waals surface area contributed by atoms with Crippen molar-refractivity contribution in [2.24, 2.45) is 11.3 Å². The number of ether oxygens (including phenoxy) is 1. The summed E-state index contributed by atoms with van der Waals surface area (Å²) in [5.74, 6) is 0.684. The van der Waals surface area contributed by atoms with E-state index >= 15 is 0 Å². The quantitative estimate of drug-likeness (QED) is 0.620. The molecule has 1 spiro atoms. The van der Waals surface area contributed by atoms with Crippen LogP contribution in [0.4, 0.5) is 0 Å². The third-order valence-electron chi connectivity index (χ3n) is 5.86. The second-order valence-electron chi connectivity index (χ2n) is 7.24. The SMILES string of the molecule is CCCC/C=C1\CC[C@]23CO[C@H](C2)[C@](C)(O)CC[C@@H]13. The lowest BCUT2D eigenvalue weighted by molar-refractivity contribution is -0.0837. The fourth-order valence-corrected chi connectivity index (χ4v) is 4.53. The maximum absolute atomic E-state index is 10.5. The number of allylic oxidation sites excluding steroid dienone is 2. The van der Waals surface area contributed by atoms with Gasteiger partial charge in [0, 0.05) is 5.41 Å². The molecule has 0 aromatic rings. The van der Waals surface area contributed by atoms with Crippen molar-refractivity contribution in [3.63, 3.8) is 0 Å². The summed E-state index contributed by atoms with van der Waals surface area (Å²) < 4.78 is 5.97. The number of fused-ring (bicyclic) bond motifs is 1. The average Bonchev–Trinajstić information content (AvgIpc) is 2.91. The first-order chi connectivity index (χ1) is 9.07. The highest BCUT2D eigenvalue weighted by Gasteiger charge is 2.56. The smallest absolute Gasteiger partial charge is 0.0880 e. The number of hydrogen-bond acceptors (Lipinski definition) is 2. The van der Waals surface area contributed by atoms with E-state index in [4.69, 9.17) is 4.74 Å². The van der Waals surface area contributed by atoms with Crippen LogP contribution in [-0.2, 0) is 4.74 Å². The van der Waals surface area contributed by atoms with Crippen LogP contribution in [0.2, 0.25) is 0 Å². The van der Waals surface area contributed by atoms with Gasteiger partial charge in [0.15, 0.2) is 0 Å². The molecular formula is C17H28O2. The van der Waals surface area contributed by atoms with Gasteiger partial charge in [-0.1, -0.05) is 31.4 Å². The predicted octanol–water partition coefficient (Wildman–Crippen LogP) is 3.83. The molecule has 3 fully saturated rings. The summed E-state index contributed by atoms with van der Waals surface area (Å²) in [5, 5.41) is 10.5. The number of unbranched alkanes of at least 4 members (excludes halogenated alkanes) is 2. The molecule has 2 nitrogen and oxygen atoms in total. The highest BCUT2D eigenvalue weighted by molar-refractivity contribution is 5.22. The van der Waals surface area contributed by atoms with Gasteiger partial charge >= 0.3 is 0 Å². The van der Waals surface area contributed by atoms with Gasteiger partial charge in [-0.2, -0.15) is 0 Å². The zero-order chi connectivity index (χ0) is 13.5. The summed E-state index contributed by atoms with van der Waals surface area (Å²) in [6.07, 6.45) is 12.1. The van der Waals surface area contributed by atoms with Crippen LogP contribution >= 0.6 is 0 Å². The number of rotatable bonds is 3. The fourth-order valence-electron chi connectivity index (χ4n) is 4.53. The second-order valence-corrected chi connectivity index (χ2v) is 7.24. The van der Waals surface area contributed by atoms with Crippen molar-refractivity contribution < 1.29 is 9.84 Å². The monoisotopic (exact) mass is 264 g/mol. The van der Waals surface area contributed by atoms with E-state index in [0.717, 1.165) is 25.9 Å². The van der Waals surface area contributed by atoms with E-state index in [2.05, 4.69) is 13.0 Å². The molecule has 1 saturated heterocycles. The Bertz CT molecular complexity index is 371. The molecule has 0 radical (unpaired) electrons. The minimum Gasteiger partial charge on any atom is -0.387 e. The molecule has 0 unspecified atom stereocenters.